The number of nitrogens with zero attached hydrogens (tertiary/aromatic N) is 2. The molecule has 0 spiro atoms. The lowest BCUT2D eigenvalue weighted by atomic mass is 10.0. The van der Waals surface area contributed by atoms with Crippen LogP contribution in [-0.4, -0.2) is 49.1 Å². The lowest BCUT2D eigenvalue weighted by molar-refractivity contribution is 0.118. The first-order chi connectivity index (χ1) is 9.19. The summed E-state index contributed by atoms with van der Waals surface area (Å²) < 4.78 is 0. The molecule has 1 rings (SSSR count). The fourth-order valence-corrected chi connectivity index (χ4v) is 2.69. The second-order valence-corrected chi connectivity index (χ2v) is 5.58. The number of rotatable bonds is 6. The van der Waals surface area contributed by atoms with Gasteiger partial charge in [0.2, 0.25) is 0 Å². The van der Waals surface area contributed by atoms with E-state index in [1.54, 1.807) is 0 Å². The van der Waals surface area contributed by atoms with Gasteiger partial charge in [-0.1, -0.05) is 13.3 Å². The minimum atomic E-state index is 0.535. The second-order valence-electron chi connectivity index (χ2n) is 5.58. The average Bonchev–Trinajstić information content (AvgIpc) is 2.42. The molecule has 19 heavy (non-hydrogen) atoms. The van der Waals surface area contributed by atoms with Gasteiger partial charge in [0.05, 0.1) is 6.54 Å². The smallest absolute Gasteiger partial charge is 0.191 e. The van der Waals surface area contributed by atoms with Gasteiger partial charge in [0.25, 0.3) is 0 Å². The summed E-state index contributed by atoms with van der Waals surface area (Å²) >= 11 is 0. The Morgan fingerprint density at radius 3 is 2.74 bits per heavy atom. The van der Waals surface area contributed by atoms with Gasteiger partial charge in [0.15, 0.2) is 5.96 Å². The molecule has 2 unspecified atom stereocenters. The molecule has 1 aliphatic rings. The molecule has 0 radical (unpaired) electrons. The Morgan fingerprint density at radius 2 is 2.11 bits per heavy atom. The number of hydrogen-bond acceptors (Lipinski definition) is 2. The summed E-state index contributed by atoms with van der Waals surface area (Å²) in [6.07, 6.45) is 5.19. The number of guanidine groups is 1. The molecule has 0 aromatic rings. The molecule has 0 amide bonds. The zero-order valence-electron chi connectivity index (χ0n) is 13.2. The van der Waals surface area contributed by atoms with Crippen LogP contribution in [0, 0.1) is 0 Å². The van der Waals surface area contributed by atoms with Crippen molar-refractivity contribution < 1.29 is 0 Å². The summed E-state index contributed by atoms with van der Waals surface area (Å²) in [6.45, 7) is 13.0. The van der Waals surface area contributed by atoms with Crippen LogP contribution in [0.2, 0.25) is 0 Å². The Labute approximate surface area is 119 Å². The molecule has 4 nitrogen and oxygen atoms in total. The van der Waals surface area contributed by atoms with Gasteiger partial charge in [-0.25, -0.2) is 0 Å². The molecule has 0 aliphatic carbocycles. The summed E-state index contributed by atoms with van der Waals surface area (Å²) in [6, 6.07) is 1.25. The van der Waals surface area contributed by atoms with Crippen molar-refractivity contribution in [2.45, 2.75) is 65.5 Å². The molecule has 1 fully saturated rings. The lowest BCUT2D eigenvalue weighted by Gasteiger charge is -2.37. The third-order valence-electron chi connectivity index (χ3n) is 3.82. The first-order valence-electron chi connectivity index (χ1n) is 7.96. The van der Waals surface area contributed by atoms with E-state index in [-0.39, 0.29) is 0 Å². The molecular formula is C15H32N4. The predicted molar refractivity (Wildman–Crippen MR) is 83.8 cm³/mol. The van der Waals surface area contributed by atoms with Crippen LogP contribution in [-0.2, 0) is 0 Å². The van der Waals surface area contributed by atoms with Crippen LogP contribution >= 0.6 is 0 Å². The number of hydrogen-bond donors (Lipinski definition) is 2. The molecule has 0 saturated carbocycles. The SMILES string of the molecule is CCCNC(=NCC(C)N1CCCCC1C)NCC. The maximum atomic E-state index is 4.71. The van der Waals surface area contributed by atoms with Crippen molar-refractivity contribution >= 4 is 5.96 Å². The highest BCUT2D eigenvalue weighted by Gasteiger charge is 2.22. The van der Waals surface area contributed by atoms with Crippen molar-refractivity contribution in [3.05, 3.63) is 0 Å². The zero-order valence-corrected chi connectivity index (χ0v) is 13.2. The maximum Gasteiger partial charge on any atom is 0.191 e. The minimum Gasteiger partial charge on any atom is -0.357 e. The van der Waals surface area contributed by atoms with E-state index in [1.807, 2.05) is 0 Å². The molecule has 0 bridgehead atoms. The number of piperidine rings is 1. The molecule has 112 valence electrons. The largest absolute Gasteiger partial charge is 0.357 e. The molecular weight excluding hydrogens is 236 g/mol. The lowest BCUT2D eigenvalue weighted by Crippen LogP contribution is -2.45. The van der Waals surface area contributed by atoms with Gasteiger partial charge in [-0.15, -0.1) is 0 Å². The Bertz CT molecular complexity index is 265. The van der Waals surface area contributed by atoms with Gasteiger partial charge in [-0.3, -0.25) is 9.89 Å². The molecule has 2 atom stereocenters. The minimum absolute atomic E-state index is 0.535. The van der Waals surface area contributed by atoms with Gasteiger partial charge < -0.3 is 10.6 Å². The maximum absolute atomic E-state index is 4.71. The fourth-order valence-electron chi connectivity index (χ4n) is 2.69. The van der Waals surface area contributed by atoms with Gasteiger partial charge in [-0.05, 0) is 46.6 Å². The van der Waals surface area contributed by atoms with Crippen molar-refractivity contribution in [1.82, 2.24) is 15.5 Å². The standard InChI is InChI=1S/C15H32N4/c1-5-10-17-15(16-6-2)18-12-14(4)19-11-8-7-9-13(19)3/h13-14H,5-12H2,1-4H3,(H2,16,17,18). The molecule has 4 heteroatoms. The van der Waals surface area contributed by atoms with Crippen LogP contribution in [0.15, 0.2) is 4.99 Å². The van der Waals surface area contributed by atoms with Crippen molar-refractivity contribution in [2.24, 2.45) is 4.99 Å². The summed E-state index contributed by atoms with van der Waals surface area (Å²) in [7, 11) is 0. The topological polar surface area (TPSA) is 39.7 Å². The highest BCUT2D eigenvalue weighted by molar-refractivity contribution is 5.79. The van der Waals surface area contributed by atoms with E-state index < -0.39 is 0 Å². The monoisotopic (exact) mass is 268 g/mol. The van der Waals surface area contributed by atoms with E-state index >= 15 is 0 Å². The first kappa shape index (κ1) is 16.3. The van der Waals surface area contributed by atoms with Gasteiger partial charge >= 0.3 is 0 Å². The summed E-state index contributed by atoms with van der Waals surface area (Å²) in [4.78, 5) is 7.32. The average molecular weight is 268 g/mol. The van der Waals surface area contributed by atoms with Crippen molar-refractivity contribution in [1.29, 1.82) is 0 Å². The van der Waals surface area contributed by atoms with Crippen LogP contribution in [0.4, 0.5) is 0 Å². The third-order valence-corrected chi connectivity index (χ3v) is 3.82. The second kappa shape index (κ2) is 9.18. The first-order valence-corrected chi connectivity index (χ1v) is 7.96. The summed E-state index contributed by atoms with van der Waals surface area (Å²) in [5, 5.41) is 6.67. The van der Waals surface area contributed by atoms with E-state index in [1.165, 1.54) is 25.8 Å². The van der Waals surface area contributed by atoms with Crippen LogP contribution in [0.3, 0.4) is 0 Å². The summed E-state index contributed by atoms with van der Waals surface area (Å²) in [5.74, 6) is 0.959. The molecule has 2 N–H and O–H groups in total. The fraction of sp³-hybridized carbons (Fsp3) is 0.933. The van der Waals surface area contributed by atoms with Crippen LogP contribution in [0.1, 0.15) is 53.4 Å². The Balaban J connectivity index is 2.45. The van der Waals surface area contributed by atoms with Crippen LogP contribution in [0.25, 0.3) is 0 Å². The number of likely N-dealkylation sites (tertiary alicyclic amines) is 1. The van der Waals surface area contributed by atoms with E-state index in [4.69, 9.17) is 4.99 Å². The van der Waals surface area contributed by atoms with Crippen molar-refractivity contribution in [2.75, 3.05) is 26.2 Å². The van der Waals surface area contributed by atoms with E-state index in [9.17, 15) is 0 Å². The van der Waals surface area contributed by atoms with Gasteiger partial charge in [-0.2, -0.15) is 0 Å². The zero-order chi connectivity index (χ0) is 14.1. The molecule has 0 aromatic carbocycles. The Hall–Kier alpha value is -0.770. The van der Waals surface area contributed by atoms with Crippen LogP contribution in [0.5, 0.6) is 0 Å². The highest BCUT2D eigenvalue weighted by Crippen LogP contribution is 2.18. The van der Waals surface area contributed by atoms with E-state index in [2.05, 4.69) is 43.2 Å². The number of nitrogens with one attached hydrogen (secondary N) is 2. The van der Waals surface area contributed by atoms with Crippen molar-refractivity contribution in [3.63, 3.8) is 0 Å². The molecule has 0 aromatic heterocycles. The normalized spacial score (nSPS) is 23.2. The van der Waals surface area contributed by atoms with Crippen LogP contribution < -0.4 is 10.6 Å². The molecule has 1 aliphatic heterocycles. The van der Waals surface area contributed by atoms with E-state index in [0.717, 1.165) is 32.0 Å². The quantitative estimate of drug-likeness (QED) is 0.573. The highest BCUT2D eigenvalue weighted by atomic mass is 15.2. The molecule has 1 saturated heterocycles. The Morgan fingerprint density at radius 1 is 1.32 bits per heavy atom. The van der Waals surface area contributed by atoms with Crippen molar-refractivity contribution in [3.8, 4) is 0 Å². The van der Waals surface area contributed by atoms with E-state index in [0.29, 0.717) is 12.1 Å². The predicted octanol–water partition coefficient (Wildman–Crippen LogP) is 2.21. The summed E-state index contributed by atoms with van der Waals surface area (Å²) in [5.41, 5.74) is 0. The Kier molecular flexibility index (Phi) is 7.87. The van der Waals surface area contributed by atoms with Gasteiger partial charge in [0, 0.05) is 25.2 Å². The number of aliphatic imine (C=N–C) groups is 1. The third kappa shape index (κ3) is 5.81. The van der Waals surface area contributed by atoms with Gasteiger partial charge in [0.1, 0.15) is 0 Å². The molecule has 1 heterocycles.